The Kier molecular flexibility index (Phi) is 9.14. The smallest absolute Gasteiger partial charge is 0.353 e. The Morgan fingerprint density at radius 1 is 0.955 bits per heavy atom. The Balaban J connectivity index is 1.40. The standard InChI is InChI=1S/C32H35N5O6S/c1-4-44(41,42)43-32(40)23-10-15-26-27(20-23)34-31(39)29(26)30(22-8-6-5-7-9-22)33-24-11-13-25(14-12-24)36(3)28(38)21-37-18-16-35(2)17-19-37/h5-15,20,33H,4,16-19,21H2,1-3H3,(H,34,39)/b30-29-. The molecule has 0 saturated carbocycles. The number of hydrogen-bond donors (Lipinski definition) is 2. The summed E-state index contributed by atoms with van der Waals surface area (Å²) >= 11 is 0. The van der Waals surface area contributed by atoms with E-state index >= 15 is 0 Å². The number of benzene rings is 3. The van der Waals surface area contributed by atoms with Crippen molar-refractivity contribution in [1.29, 1.82) is 0 Å². The maximum atomic E-state index is 13.3. The van der Waals surface area contributed by atoms with E-state index in [1.54, 1.807) is 18.0 Å². The van der Waals surface area contributed by atoms with Gasteiger partial charge in [0, 0.05) is 50.2 Å². The first-order valence-electron chi connectivity index (χ1n) is 14.3. The van der Waals surface area contributed by atoms with E-state index in [9.17, 15) is 22.8 Å². The van der Waals surface area contributed by atoms with Gasteiger partial charge in [0.15, 0.2) is 0 Å². The molecule has 5 rings (SSSR count). The number of rotatable bonds is 9. The lowest BCUT2D eigenvalue weighted by molar-refractivity contribution is -0.119. The van der Waals surface area contributed by atoms with Crippen molar-refractivity contribution in [2.45, 2.75) is 6.92 Å². The van der Waals surface area contributed by atoms with Crippen molar-refractivity contribution in [3.8, 4) is 0 Å². The summed E-state index contributed by atoms with van der Waals surface area (Å²) in [4.78, 5) is 44.8. The van der Waals surface area contributed by atoms with E-state index in [-0.39, 0.29) is 23.1 Å². The number of amides is 2. The molecule has 0 aliphatic carbocycles. The lowest BCUT2D eigenvalue weighted by Crippen LogP contribution is -2.48. The van der Waals surface area contributed by atoms with Crippen LogP contribution in [0.5, 0.6) is 0 Å². The number of likely N-dealkylation sites (N-methyl/N-ethyl adjacent to an activating group) is 2. The van der Waals surface area contributed by atoms with Crippen LogP contribution in [-0.4, -0.2) is 88.6 Å². The molecule has 0 aromatic heterocycles. The average molecular weight is 618 g/mol. The van der Waals surface area contributed by atoms with E-state index in [1.807, 2.05) is 54.6 Å². The molecular formula is C32H35N5O6S. The highest BCUT2D eigenvalue weighted by Gasteiger charge is 2.30. The molecule has 44 heavy (non-hydrogen) atoms. The van der Waals surface area contributed by atoms with E-state index in [4.69, 9.17) is 0 Å². The zero-order chi connectivity index (χ0) is 31.4. The van der Waals surface area contributed by atoms with Crippen LogP contribution in [0, 0.1) is 0 Å². The van der Waals surface area contributed by atoms with Gasteiger partial charge < -0.3 is 24.6 Å². The van der Waals surface area contributed by atoms with Gasteiger partial charge in [0.25, 0.3) is 5.91 Å². The van der Waals surface area contributed by atoms with Gasteiger partial charge in [-0.25, -0.2) is 4.79 Å². The molecular weight excluding hydrogens is 582 g/mol. The molecule has 2 heterocycles. The molecule has 2 amide bonds. The van der Waals surface area contributed by atoms with E-state index < -0.39 is 16.1 Å². The third-order valence-corrected chi connectivity index (χ3v) is 8.83. The third-order valence-electron chi connectivity index (χ3n) is 7.72. The first-order chi connectivity index (χ1) is 21.0. The second-order valence-corrected chi connectivity index (χ2v) is 12.6. The number of nitrogens with zero attached hydrogens (tertiary/aromatic N) is 3. The Bertz CT molecular complexity index is 1700. The van der Waals surface area contributed by atoms with Crippen molar-refractivity contribution in [3.05, 3.63) is 89.5 Å². The van der Waals surface area contributed by atoms with Crippen molar-refractivity contribution in [2.75, 3.05) is 68.1 Å². The number of carbonyl (C=O) groups excluding carboxylic acids is 3. The maximum absolute atomic E-state index is 13.3. The van der Waals surface area contributed by atoms with Gasteiger partial charge in [-0.15, -0.1) is 0 Å². The van der Waals surface area contributed by atoms with Crippen molar-refractivity contribution < 1.29 is 27.0 Å². The molecule has 12 heteroatoms. The predicted octanol–water partition coefficient (Wildman–Crippen LogP) is 3.34. The average Bonchev–Trinajstić information content (AvgIpc) is 3.35. The molecule has 2 aliphatic heterocycles. The fourth-order valence-corrected chi connectivity index (χ4v) is 5.46. The quantitative estimate of drug-likeness (QED) is 0.275. The molecule has 3 aromatic rings. The molecule has 0 unspecified atom stereocenters. The minimum absolute atomic E-state index is 0.00146. The van der Waals surface area contributed by atoms with Crippen LogP contribution in [0.1, 0.15) is 28.4 Å². The third kappa shape index (κ3) is 6.99. The van der Waals surface area contributed by atoms with Gasteiger partial charge in [0.05, 0.1) is 34.8 Å². The van der Waals surface area contributed by atoms with Gasteiger partial charge in [-0.2, -0.15) is 8.42 Å². The van der Waals surface area contributed by atoms with Crippen molar-refractivity contribution in [2.24, 2.45) is 0 Å². The summed E-state index contributed by atoms with van der Waals surface area (Å²) < 4.78 is 28.2. The monoisotopic (exact) mass is 617 g/mol. The molecule has 1 saturated heterocycles. The van der Waals surface area contributed by atoms with Crippen LogP contribution in [-0.2, 0) is 23.9 Å². The SMILES string of the molecule is CCS(=O)(=O)OC(=O)c1ccc2c(c1)NC(=O)/C2=C(\Nc1ccc(N(C)C(=O)CN2CCN(C)CC2)cc1)c1ccccc1. The summed E-state index contributed by atoms with van der Waals surface area (Å²) in [5.74, 6) is -1.74. The molecule has 0 radical (unpaired) electrons. The summed E-state index contributed by atoms with van der Waals surface area (Å²) in [7, 11) is -0.146. The highest BCUT2D eigenvalue weighted by molar-refractivity contribution is 7.87. The molecule has 0 atom stereocenters. The van der Waals surface area contributed by atoms with Crippen molar-refractivity contribution in [3.63, 3.8) is 0 Å². The van der Waals surface area contributed by atoms with Crippen molar-refractivity contribution >= 4 is 56.2 Å². The van der Waals surface area contributed by atoms with E-state index in [2.05, 4.69) is 31.7 Å². The normalized spacial score (nSPS) is 16.6. The van der Waals surface area contributed by atoms with Gasteiger partial charge in [0.1, 0.15) is 0 Å². The fourth-order valence-electron chi connectivity index (χ4n) is 5.01. The Morgan fingerprint density at radius 2 is 1.64 bits per heavy atom. The van der Waals surface area contributed by atoms with Crippen LogP contribution in [0.4, 0.5) is 17.1 Å². The largest absolute Gasteiger partial charge is 0.354 e. The van der Waals surface area contributed by atoms with Crippen LogP contribution in [0.15, 0.2) is 72.8 Å². The van der Waals surface area contributed by atoms with Crippen LogP contribution in [0.25, 0.3) is 11.3 Å². The molecule has 11 nitrogen and oxygen atoms in total. The van der Waals surface area contributed by atoms with Crippen molar-refractivity contribution in [1.82, 2.24) is 9.80 Å². The highest BCUT2D eigenvalue weighted by Crippen LogP contribution is 2.38. The highest BCUT2D eigenvalue weighted by atomic mass is 32.2. The Hall–Kier alpha value is -4.52. The summed E-state index contributed by atoms with van der Waals surface area (Å²) in [6.07, 6.45) is 0. The minimum Gasteiger partial charge on any atom is -0.354 e. The predicted molar refractivity (Wildman–Crippen MR) is 171 cm³/mol. The van der Waals surface area contributed by atoms with Gasteiger partial charge in [-0.05, 0) is 55.9 Å². The van der Waals surface area contributed by atoms with Crippen LogP contribution >= 0.6 is 0 Å². The topological polar surface area (TPSA) is 128 Å². The summed E-state index contributed by atoms with van der Waals surface area (Å²) in [6, 6.07) is 21.2. The molecule has 230 valence electrons. The number of hydrogen-bond acceptors (Lipinski definition) is 9. The van der Waals surface area contributed by atoms with Gasteiger partial charge in [0.2, 0.25) is 5.91 Å². The maximum Gasteiger partial charge on any atom is 0.353 e. The zero-order valence-electron chi connectivity index (χ0n) is 24.9. The summed E-state index contributed by atoms with van der Waals surface area (Å²) in [6.45, 7) is 5.34. The summed E-state index contributed by atoms with van der Waals surface area (Å²) in [5.41, 5.74) is 4.00. The molecule has 0 bridgehead atoms. The molecule has 0 spiro atoms. The van der Waals surface area contributed by atoms with Gasteiger partial charge in [-0.1, -0.05) is 36.4 Å². The number of fused-ring (bicyclic) bond motifs is 1. The summed E-state index contributed by atoms with van der Waals surface area (Å²) in [5, 5.41) is 6.16. The van der Waals surface area contributed by atoms with Gasteiger partial charge >= 0.3 is 16.1 Å². The fraction of sp³-hybridized carbons (Fsp3) is 0.281. The van der Waals surface area contributed by atoms with Crippen LogP contribution in [0.3, 0.4) is 0 Å². The first-order valence-corrected chi connectivity index (χ1v) is 15.9. The zero-order valence-corrected chi connectivity index (χ0v) is 25.7. The van der Waals surface area contributed by atoms with E-state index in [1.165, 1.54) is 19.1 Å². The molecule has 3 aromatic carbocycles. The second kappa shape index (κ2) is 13.0. The minimum atomic E-state index is -3.99. The molecule has 2 N–H and O–H groups in total. The number of nitrogens with one attached hydrogen (secondary N) is 2. The Labute approximate surface area is 257 Å². The van der Waals surface area contributed by atoms with E-state index in [0.717, 1.165) is 37.4 Å². The molecule has 1 fully saturated rings. The van der Waals surface area contributed by atoms with Gasteiger partial charge in [-0.3, -0.25) is 14.5 Å². The molecule has 2 aliphatic rings. The first kappa shape index (κ1) is 30.9. The number of carbonyl (C=O) groups is 3. The second-order valence-electron chi connectivity index (χ2n) is 10.8. The lowest BCUT2D eigenvalue weighted by Gasteiger charge is -2.32. The lowest BCUT2D eigenvalue weighted by atomic mass is 9.99. The van der Waals surface area contributed by atoms with E-state index in [0.29, 0.717) is 34.8 Å². The van der Waals surface area contributed by atoms with Crippen LogP contribution < -0.4 is 15.5 Å². The Morgan fingerprint density at radius 3 is 2.30 bits per heavy atom. The van der Waals surface area contributed by atoms with Crippen LogP contribution in [0.2, 0.25) is 0 Å². The number of piperazine rings is 1. The number of anilines is 3.